The van der Waals surface area contributed by atoms with E-state index in [-0.39, 0.29) is 34.4 Å². The van der Waals surface area contributed by atoms with Gasteiger partial charge in [0.05, 0.1) is 11.8 Å². The maximum Gasteiger partial charge on any atom is 0.238 e. The molecule has 2 aliphatic carbocycles. The van der Waals surface area contributed by atoms with Crippen molar-refractivity contribution in [1.29, 1.82) is 0 Å². The second-order valence-corrected chi connectivity index (χ2v) is 9.26. The molecule has 108 valence electrons. The van der Waals surface area contributed by atoms with Gasteiger partial charge in [-0.2, -0.15) is 0 Å². The van der Waals surface area contributed by atoms with Gasteiger partial charge in [0.25, 0.3) is 0 Å². The molecule has 0 aromatic carbocycles. The summed E-state index contributed by atoms with van der Waals surface area (Å²) in [4.78, 5) is 12.3. The van der Waals surface area contributed by atoms with E-state index < -0.39 is 10.0 Å². The predicted molar refractivity (Wildman–Crippen MR) is 72.8 cm³/mol. The molecular formula is C14H23NO3S. The van der Waals surface area contributed by atoms with Gasteiger partial charge in [-0.15, -0.1) is 0 Å². The van der Waals surface area contributed by atoms with Crippen LogP contribution in [-0.4, -0.2) is 30.4 Å². The van der Waals surface area contributed by atoms with Crippen LogP contribution in [0.1, 0.15) is 47.0 Å². The number of carbonyl (C=O) groups is 1. The van der Waals surface area contributed by atoms with Gasteiger partial charge in [-0.1, -0.05) is 27.7 Å². The molecule has 0 aromatic rings. The Kier molecular flexibility index (Phi) is 2.50. The fourth-order valence-electron chi connectivity index (χ4n) is 4.83. The van der Waals surface area contributed by atoms with Crippen LogP contribution in [0.2, 0.25) is 0 Å². The molecule has 19 heavy (non-hydrogen) atoms. The number of hydrogen-bond donors (Lipinski definition) is 0. The van der Waals surface area contributed by atoms with Gasteiger partial charge in [0.15, 0.2) is 0 Å². The average Bonchev–Trinajstić information content (AvgIpc) is 2.74. The Morgan fingerprint density at radius 3 is 2.47 bits per heavy atom. The first-order valence-corrected chi connectivity index (χ1v) is 8.80. The number of carbonyl (C=O) groups excluding carboxylic acids is 1. The van der Waals surface area contributed by atoms with Crippen molar-refractivity contribution in [1.82, 2.24) is 4.31 Å². The largest absolute Gasteiger partial charge is 0.274 e. The van der Waals surface area contributed by atoms with E-state index in [1.54, 1.807) is 13.8 Å². The Labute approximate surface area is 115 Å². The maximum absolute atomic E-state index is 12.5. The third-order valence-electron chi connectivity index (χ3n) is 6.12. The van der Waals surface area contributed by atoms with Gasteiger partial charge < -0.3 is 0 Å². The smallest absolute Gasteiger partial charge is 0.238 e. The Hall–Kier alpha value is -0.580. The van der Waals surface area contributed by atoms with E-state index in [1.807, 2.05) is 0 Å². The highest BCUT2D eigenvalue weighted by Gasteiger charge is 2.72. The normalized spacial score (nSPS) is 41.8. The Balaban J connectivity index is 2.09. The van der Waals surface area contributed by atoms with Crippen molar-refractivity contribution in [2.24, 2.45) is 22.7 Å². The van der Waals surface area contributed by atoms with E-state index in [1.165, 1.54) is 4.31 Å². The van der Waals surface area contributed by atoms with Crippen molar-refractivity contribution in [3.05, 3.63) is 0 Å². The van der Waals surface area contributed by atoms with Crippen LogP contribution in [0.5, 0.6) is 0 Å². The third kappa shape index (κ3) is 1.40. The summed E-state index contributed by atoms with van der Waals surface area (Å²) < 4.78 is 26.3. The Morgan fingerprint density at radius 1 is 1.32 bits per heavy atom. The van der Waals surface area contributed by atoms with Crippen LogP contribution < -0.4 is 0 Å². The zero-order valence-corrected chi connectivity index (χ0v) is 13.0. The number of rotatable bonds is 1. The van der Waals surface area contributed by atoms with Gasteiger partial charge >= 0.3 is 0 Å². The summed E-state index contributed by atoms with van der Waals surface area (Å²) in [5.74, 6) is 0.264. The molecule has 3 aliphatic rings. The first-order valence-electron chi connectivity index (χ1n) is 7.19. The zero-order valence-electron chi connectivity index (χ0n) is 12.1. The van der Waals surface area contributed by atoms with Crippen molar-refractivity contribution < 1.29 is 13.2 Å². The van der Waals surface area contributed by atoms with E-state index in [4.69, 9.17) is 0 Å². The molecule has 4 nitrogen and oxygen atoms in total. The summed E-state index contributed by atoms with van der Waals surface area (Å²) >= 11 is 0. The van der Waals surface area contributed by atoms with Gasteiger partial charge in [-0.05, 0) is 30.6 Å². The van der Waals surface area contributed by atoms with E-state index >= 15 is 0 Å². The summed E-state index contributed by atoms with van der Waals surface area (Å²) in [7, 11) is -3.42. The van der Waals surface area contributed by atoms with Crippen LogP contribution in [0, 0.1) is 22.7 Å². The lowest BCUT2D eigenvalue weighted by Crippen LogP contribution is -2.45. The molecular weight excluding hydrogens is 262 g/mol. The lowest BCUT2D eigenvalue weighted by Gasteiger charge is -2.37. The van der Waals surface area contributed by atoms with E-state index in [2.05, 4.69) is 13.8 Å². The molecule has 1 amide bonds. The van der Waals surface area contributed by atoms with Crippen molar-refractivity contribution in [2.45, 2.75) is 53.0 Å². The number of sulfonamides is 1. The number of nitrogens with zero attached hydrogens (tertiary/aromatic N) is 1. The average molecular weight is 285 g/mol. The predicted octanol–water partition coefficient (Wildman–Crippen LogP) is 2.01. The molecule has 0 aromatic heterocycles. The Bertz CT molecular complexity index is 537. The second kappa shape index (κ2) is 3.54. The standard InChI is InChI=1S/C14H23NO3S/c1-9(2)12(16)15-11-7-10-5-6-14(11,13(10,3)4)8-19(15,17)18/h9-11H,5-8H2,1-4H3/t10-,11-,14-/m1/s1. The number of amides is 1. The summed E-state index contributed by atoms with van der Waals surface area (Å²) in [5.41, 5.74) is -0.155. The van der Waals surface area contributed by atoms with Crippen LogP contribution in [0.15, 0.2) is 0 Å². The molecule has 0 N–H and O–H groups in total. The summed E-state index contributed by atoms with van der Waals surface area (Å²) in [6.07, 6.45) is 2.93. The van der Waals surface area contributed by atoms with Crippen molar-refractivity contribution in [2.75, 3.05) is 5.75 Å². The third-order valence-corrected chi connectivity index (χ3v) is 8.04. The van der Waals surface area contributed by atoms with Crippen LogP contribution in [-0.2, 0) is 14.8 Å². The van der Waals surface area contributed by atoms with Gasteiger partial charge in [0, 0.05) is 11.3 Å². The molecule has 5 heteroatoms. The van der Waals surface area contributed by atoms with Crippen molar-refractivity contribution >= 4 is 15.9 Å². The molecule has 3 rings (SSSR count). The van der Waals surface area contributed by atoms with E-state index in [0.717, 1.165) is 19.3 Å². The van der Waals surface area contributed by atoms with Gasteiger partial charge in [-0.3, -0.25) is 4.79 Å². The van der Waals surface area contributed by atoms with E-state index in [0.29, 0.717) is 5.92 Å². The van der Waals surface area contributed by atoms with Crippen molar-refractivity contribution in [3.8, 4) is 0 Å². The molecule has 1 saturated heterocycles. The quantitative estimate of drug-likeness (QED) is 0.740. The molecule has 1 heterocycles. The highest BCUT2D eigenvalue weighted by molar-refractivity contribution is 7.90. The van der Waals surface area contributed by atoms with E-state index in [9.17, 15) is 13.2 Å². The SMILES string of the molecule is CC(C)C(=O)N1[C@@H]2C[C@H]3CC[C@]2(CS1(=O)=O)C3(C)C. The first-order chi connectivity index (χ1) is 8.63. The molecule has 0 radical (unpaired) electrons. The lowest BCUT2D eigenvalue weighted by atomic mass is 9.69. The van der Waals surface area contributed by atoms with Crippen molar-refractivity contribution in [3.63, 3.8) is 0 Å². The number of fused-ring (bicyclic) bond motifs is 1. The monoisotopic (exact) mass is 285 g/mol. The minimum absolute atomic E-state index is 0.0384. The molecule has 2 bridgehead atoms. The molecule has 1 spiro atoms. The fourth-order valence-corrected chi connectivity index (χ4v) is 7.49. The minimum atomic E-state index is -3.42. The summed E-state index contributed by atoms with van der Waals surface area (Å²) in [5, 5.41) is 0. The number of hydrogen-bond acceptors (Lipinski definition) is 3. The highest BCUT2D eigenvalue weighted by Crippen LogP contribution is 2.70. The minimum Gasteiger partial charge on any atom is -0.274 e. The molecule has 2 saturated carbocycles. The molecule has 3 fully saturated rings. The fraction of sp³-hybridized carbons (Fsp3) is 0.929. The topological polar surface area (TPSA) is 54.5 Å². The lowest BCUT2D eigenvalue weighted by molar-refractivity contribution is -0.132. The van der Waals surface area contributed by atoms with Crippen LogP contribution in [0.4, 0.5) is 0 Å². The van der Waals surface area contributed by atoms with Crippen LogP contribution >= 0.6 is 0 Å². The maximum atomic E-state index is 12.5. The molecule has 0 unspecified atom stereocenters. The van der Waals surface area contributed by atoms with Crippen LogP contribution in [0.25, 0.3) is 0 Å². The molecule has 3 atom stereocenters. The summed E-state index contributed by atoms with van der Waals surface area (Å²) in [6, 6.07) is -0.0823. The zero-order chi connectivity index (χ0) is 14.2. The molecule has 1 aliphatic heterocycles. The van der Waals surface area contributed by atoms with Gasteiger partial charge in [0.2, 0.25) is 15.9 Å². The first kappa shape index (κ1) is 13.4. The van der Waals surface area contributed by atoms with Gasteiger partial charge in [0.1, 0.15) is 0 Å². The second-order valence-electron chi connectivity index (χ2n) is 7.41. The van der Waals surface area contributed by atoms with Crippen LogP contribution in [0.3, 0.4) is 0 Å². The Morgan fingerprint density at radius 2 is 1.95 bits per heavy atom. The van der Waals surface area contributed by atoms with Gasteiger partial charge in [-0.25, -0.2) is 12.7 Å². The highest BCUT2D eigenvalue weighted by atomic mass is 32.2. The summed E-state index contributed by atoms with van der Waals surface area (Å²) in [6.45, 7) is 7.95.